The second kappa shape index (κ2) is 12.2. The van der Waals surface area contributed by atoms with Crippen LogP contribution < -0.4 is 15.0 Å². The first kappa shape index (κ1) is 27.3. The van der Waals surface area contributed by atoms with Gasteiger partial charge in [0, 0.05) is 19.6 Å². The van der Waals surface area contributed by atoms with Crippen LogP contribution in [0.3, 0.4) is 0 Å². The molecular formula is C26H37N5O5S. The maximum atomic E-state index is 13.1. The normalized spacial score (nSPS) is 16.0. The first-order valence-corrected chi connectivity index (χ1v) is 14.7. The zero-order valence-electron chi connectivity index (χ0n) is 21.9. The van der Waals surface area contributed by atoms with Gasteiger partial charge in [0.15, 0.2) is 11.3 Å². The third kappa shape index (κ3) is 6.39. The van der Waals surface area contributed by atoms with Crippen LogP contribution in [0.1, 0.15) is 70.3 Å². The monoisotopic (exact) mass is 531 g/mol. The minimum atomic E-state index is -3.81. The van der Waals surface area contributed by atoms with Crippen LogP contribution >= 0.6 is 0 Å². The van der Waals surface area contributed by atoms with Gasteiger partial charge in [-0.15, -0.1) is 5.10 Å². The number of aryl methyl sites for hydroxylation is 2. The van der Waals surface area contributed by atoms with Gasteiger partial charge in [-0.2, -0.15) is 0 Å². The Kier molecular flexibility index (Phi) is 8.99. The van der Waals surface area contributed by atoms with E-state index in [-0.39, 0.29) is 28.9 Å². The van der Waals surface area contributed by atoms with Gasteiger partial charge in [-0.1, -0.05) is 32.6 Å². The van der Waals surface area contributed by atoms with Crippen molar-refractivity contribution < 1.29 is 17.9 Å². The maximum absolute atomic E-state index is 13.1. The number of aromatic amines is 1. The Labute approximate surface area is 217 Å². The number of sulfonamides is 1. The van der Waals surface area contributed by atoms with Gasteiger partial charge >= 0.3 is 0 Å². The Hall–Kier alpha value is -2.76. The largest absolute Gasteiger partial charge is 0.493 e. The zero-order valence-corrected chi connectivity index (χ0v) is 22.7. The van der Waals surface area contributed by atoms with E-state index < -0.39 is 10.0 Å². The standard InChI is InChI=1S/C26H37N5O5S/c1-4-6-7-8-9-12-23-28-18(3)24-26(32)29-25(30-31(23)24)21-16-20(13-14-22(21)35-5-2)37(33,34)27-17-19-11-10-15-36-19/h13-14,16,19,27H,4-12,15,17H2,1-3H3,(H,29,30,32). The number of hydrogen-bond donors (Lipinski definition) is 2. The summed E-state index contributed by atoms with van der Waals surface area (Å²) >= 11 is 0. The van der Waals surface area contributed by atoms with E-state index in [9.17, 15) is 13.2 Å². The van der Waals surface area contributed by atoms with Gasteiger partial charge in [0.25, 0.3) is 5.56 Å². The van der Waals surface area contributed by atoms with E-state index in [1.54, 1.807) is 17.5 Å². The van der Waals surface area contributed by atoms with Crippen LogP contribution in [0.25, 0.3) is 16.9 Å². The molecule has 3 aromatic rings. The molecule has 11 heteroatoms. The first-order valence-electron chi connectivity index (χ1n) is 13.2. The lowest BCUT2D eigenvalue weighted by molar-refractivity contribution is 0.114. The topological polar surface area (TPSA) is 128 Å². The van der Waals surface area contributed by atoms with Crippen LogP contribution in [-0.2, 0) is 21.2 Å². The molecule has 0 spiro atoms. The molecule has 37 heavy (non-hydrogen) atoms. The molecule has 3 heterocycles. The summed E-state index contributed by atoms with van der Waals surface area (Å²) < 4.78 is 41.6. The van der Waals surface area contributed by atoms with Crippen LogP contribution in [0.4, 0.5) is 0 Å². The number of unbranched alkanes of at least 4 members (excludes halogenated alkanes) is 4. The molecule has 4 rings (SSSR count). The minimum Gasteiger partial charge on any atom is -0.493 e. The molecular weight excluding hydrogens is 494 g/mol. The highest BCUT2D eigenvalue weighted by atomic mass is 32.2. The second-order valence-corrected chi connectivity index (χ2v) is 11.2. The fraction of sp³-hybridized carbons (Fsp3) is 0.577. The Balaban J connectivity index is 1.69. The second-order valence-electron chi connectivity index (χ2n) is 9.42. The SMILES string of the molecule is CCCCCCCc1nc(C)c2c(=O)[nH]c(-c3cc(S(=O)(=O)NCC4CCCO4)ccc3OCC)nn12. The van der Waals surface area contributed by atoms with Crippen LogP contribution in [-0.4, -0.2) is 53.9 Å². The van der Waals surface area contributed by atoms with Gasteiger partial charge < -0.3 is 14.5 Å². The van der Waals surface area contributed by atoms with Crippen molar-refractivity contribution in [3.8, 4) is 17.1 Å². The molecule has 202 valence electrons. The Morgan fingerprint density at radius 1 is 1.22 bits per heavy atom. The highest BCUT2D eigenvalue weighted by Gasteiger charge is 2.23. The average Bonchev–Trinajstić information content (AvgIpc) is 3.51. The van der Waals surface area contributed by atoms with E-state index in [0.717, 1.165) is 37.9 Å². The summed E-state index contributed by atoms with van der Waals surface area (Å²) in [7, 11) is -3.81. The molecule has 0 radical (unpaired) electrons. The molecule has 1 unspecified atom stereocenters. The molecule has 0 saturated carbocycles. The molecule has 1 saturated heterocycles. The van der Waals surface area contributed by atoms with Crippen LogP contribution in [0, 0.1) is 6.92 Å². The summed E-state index contributed by atoms with van der Waals surface area (Å²) in [6, 6.07) is 4.57. The number of hydrogen-bond acceptors (Lipinski definition) is 7. The molecule has 0 bridgehead atoms. The number of ether oxygens (including phenoxy) is 2. The van der Waals surface area contributed by atoms with E-state index in [2.05, 4.69) is 21.6 Å². The van der Waals surface area contributed by atoms with Gasteiger partial charge in [-0.3, -0.25) is 4.79 Å². The highest BCUT2D eigenvalue weighted by molar-refractivity contribution is 7.89. The number of H-pyrrole nitrogens is 1. The third-order valence-electron chi connectivity index (χ3n) is 6.59. The van der Waals surface area contributed by atoms with Crippen molar-refractivity contribution in [3.05, 3.63) is 40.1 Å². The Morgan fingerprint density at radius 3 is 2.76 bits per heavy atom. The Bertz CT molecular complexity index is 1380. The van der Waals surface area contributed by atoms with E-state index in [0.29, 0.717) is 42.2 Å². The number of nitrogens with one attached hydrogen (secondary N) is 2. The van der Waals surface area contributed by atoms with Crippen LogP contribution in [0.2, 0.25) is 0 Å². The van der Waals surface area contributed by atoms with Gasteiger partial charge in [0.05, 0.1) is 28.9 Å². The van der Waals surface area contributed by atoms with Gasteiger partial charge in [-0.05, 0) is 51.3 Å². The van der Waals surface area contributed by atoms with Crippen molar-refractivity contribution in [2.75, 3.05) is 19.8 Å². The van der Waals surface area contributed by atoms with Gasteiger partial charge in [0.1, 0.15) is 11.6 Å². The fourth-order valence-electron chi connectivity index (χ4n) is 4.64. The summed E-state index contributed by atoms with van der Waals surface area (Å²) in [5, 5.41) is 4.70. The molecule has 2 aromatic heterocycles. The number of nitrogens with zero attached hydrogens (tertiary/aromatic N) is 3. The van der Waals surface area contributed by atoms with Crippen molar-refractivity contribution in [2.45, 2.75) is 83.1 Å². The average molecular weight is 532 g/mol. The van der Waals surface area contributed by atoms with Gasteiger partial charge in [-0.25, -0.2) is 22.6 Å². The number of fused-ring (bicyclic) bond motifs is 1. The summed E-state index contributed by atoms with van der Waals surface area (Å²) in [4.78, 5) is 20.6. The lowest BCUT2D eigenvalue weighted by atomic mass is 10.1. The molecule has 1 atom stereocenters. The fourth-order valence-corrected chi connectivity index (χ4v) is 5.73. The smallest absolute Gasteiger partial charge is 0.277 e. The van der Waals surface area contributed by atoms with Gasteiger partial charge in [0.2, 0.25) is 10.0 Å². The van der Waals surface area contributed by atoms with Crippen molar-refractivity contribution in [1.29, 1.82) is 0 Å². The van der Waals surface area contributed by atoms with Crippen molar-refractivity contribution >= 4 is 15.5 Å². The van der Waals surface area contributed by atoms with E-state index in [1.165, 1.54) is 25.0 Å². The summed E-state index contributed by atoms with van der Waals surface area (Å²) in [6.07, 6.45) is 7.91. The van der Waals surface area contributed by atoms with Crippen molar-refractivity contribution in [3.63, 3.8) is 0 Å². The first-order chi connectivity index (χ1) is 17.8. The van der Waals surface area contributed by atoms with Crippen molar-refractivity contribution in [1.82, 2.24) is 24.3 Å². The lowest BCUT2D eigenvalue weighted by Crippen LogP contribution is -2.31. The minimum absolute atomic E-state index is 0.0599. The molecule has 1 aliphatic heterocycles. The number of imidazole rings is 1. The molecule has 1 aromatic carbocycles. The van der Waals surface area contributed by atoms with Crippen LogP contribution in [0.5, 0.6) is 5.75 Å². The molecule has 1 aliphatic rings. The van der Waals surface area contributed by atoms with Crippen molar-refractivity contribution in [2.24, 2.45) is 0 Å². The predicted octanol–water partition coefficient (Wildman–Crippen LogP) is 3.76. The number of aromatic nitrogens is 4. The molecule has 10 nitrogen and oxygen atoms in total. The van der Waals surface area contributed by atoms with E-state index in [1.807, 2.05) is 6.92 Å². The number of rotatable bonds is 13. The number of benzene rings is 1. The third-order valence-corrected chi connectivity index (χ3v) is 8.01. The summed E-state index contributed by atoms with van der Waals surface area (Å²) in [5.74, 6) is 1.37. The zero-order chi connectivity index (χ0) is 26.4. The summed E-state index contributed by atoms with van der Waals surface area (Å²) in [5.41, 5.74) is 1.07. The molecule has 2 N–H and O–H groups in total. The Morgan fingerprint density at radius 2 is 2.03 bits per heavy atom. The highest BCUT2D eigenvalue weighted by Crippen LogP contribution is 2.30. The lowest BCUT2D eigenvalue weighted by Gasteiger charge is -2.14. The predicted molar refractivity (Wildman–Crippen MR) is 142 cm³/mol. The van der Waals surface area contributed by atoms with E-state index in [4.69, 9.17) is 14.6 Å². The molecule has 0 amide bonds. The maximum Gasteiger partial charge on any atom is 0.277 e. The molecule has 1 fully saturated rings. The summed E-state index contributed by atoms with van der Waals surface area (Å²) in [6.45, 7) is 7.05. The van der Waals surface area contributed by atoms with E-state index >= 15 is 0 Å². The van der Waals surface area contributed by atoms with Crippen LogP contribution in [0.15, 0.2) is 27.9 Å². The quantitative estimate of drug-likeness (QED) is 0.321. The molecule has 0 aliphatic carbocycles.